The number of rotatable bonds is 5. The Balaban J connectivity index is 0.00000338. The third-order valence-electron chi connectivity index (χ3n) is 4.45. The maximum Gasteiger partial charge on any atom is 0.308 e. The largest absolute Gasteiger partial charge is 0.466 e. The normalized spacial score (nSPS) is 19.7. The lowest BCUT2D eigenvalue weighted by atomic mass is 9.86. The first-order valence-electron chi connectivity index (χ1n) is 8.79. The molecular formula is C19H27IN4O2. The van der Waals surface area contributed by atoms with E-state index in [4.69, 9.17) is 10.00 Å². The SMILES string of the molecule is CCOC(=O)C1CCC(NC(=NC)NCc2ccc(C#N)cc2)CC1.I. The van der Waals surface area contributed by atoms with Crippen LogP contribution >= 0.6 is 24.0 Å². The van der Waals surface area contributed by atoms with Gasteiger partial charge in [-0.05, 0) is 50.3 Å². The van der Waals surface area contributed by atoms with Gasteiger partial charge in [-0.3, -0.25) is 9.79 Å². The lowest BCUT2D eigenvalue weighted by Crippen LogP contribution is -2.45. The zero-order valence-corrected chi connectivity index (χ0v) is 17.7. The smallest absolute Gasteiger partial charge is 0.308 e. The molecule has 0 heterocycles. The summed E-state index contributed by atoms with van der Waals surface area (Å²) >= 11 is 0. The molecule has 0 amide bonds. The number of guanidine groups is 1. The molecule has 0 spiro atoms. The molecule has 1 aliphatic rings. The van der Waals surface area contributed by atoms with Crippen LogP contribution in [0.1, 0.15) is 43.7 Å². The fourth-order valence-electron chi connectivity index (χ4n) is 3.00. The highest BCUT2D eigenvalue weighted by molar-refractivity contribution is 14.0. The Bertz CT molecular complexity index is 632. The molecule has 0 bridgehead atoms. The van der Waals surface area contributed by atoms with Crippen molar-refractivity contribution < 1.29 is 9.53 Å². The Morgan fingerprint density at radius 3 is 2.46 bits per heavy atom. The van der Waals surface area contributed by atoms with Gasteiger partial charge < -0.3 is 15.4 Å². The second kappa shape index (κ2) is 11.7. The number of hydrogen-bond acceptors (Lipinski definition) is 4. The van der Waals surface area contributed by atoms with E-state index in [9.17, 15) is 4.79 Å². The number of hydrogen-bond donors (Lipinski definition) is 2. The summed E-state index contributed by atoms with van der Waals surface area (Å²) in [5.41, 5.74) is 1.75. The topological polar surface area (TPSA) is 86.5 Å². The average Bonchev–Trinajstić information content (AvgIpc) is 2.66. The van der Waals surface area contributed by atoms with E-state index in [1.54, 1.807) is 7.05 Å². The Hall–Kier alpha value is -1.82. The molecule has 2 rings (SSSR count). The van der Waals surface area contributed by atoms with E-state index in [1.807, 2.05) is 31.2 Å². The van der Waals surface area contributed by atoms with Crippen LogP contribution in [0.25, 0.3) is 0 Å². The Morgan fingerprint density at radius 1 is 1.27 bits per heavy atom. The number of esters is 1. The minimum absolute atomic E-state index is 0. The van der Waals surface area contributed by atoms with E-state index in [0.29, 0.717) is 24.8 Å². The van der Waals surface area contributed by atoms with Crippen molar-refractivity contribution in [2.45, 2.75) is 45.2 Å². The Labute approximate surface area is 172 Å². The molecule has 0 saturated heterocycles. The standard InChI is InChI=1S/C19H26N4O2.HI/c1-3-25-18(24)16-8-10-17(11-9-16)23-19(21-2)22-13-15-6-4-14(12-20)5-7-15;/h4-7,16-17H,3,8-11,13H2,1-2H3,(H2,21,22,23);1H. The Kier molecular flexibility index (Phi) is 10.0. The van der Waals surface area contributed by atoms with Gasteiger partial charge in [0.25, 0.3) is 0 Å². The molecule has 0 aliphatic heterocycles. The van der Waals surface area contributed by atoms with Crippen LogP contribution in [-0.4, -0.2) is 31.6 Å². The quantitative estimate of drug-likeness (QED) is 0.299. The third kappa shape index (κ3) is 6.83. The minimum atomic E-state index is -0.0655. The first-order chi connectivity index (χ1) is 12.2. The van der Waals surface area contributed by atoms with Crippen LogP contribution in [0.2, 0.25) is 0 Å². The highest BCUT2D eigenvalue weighted by Gasteiger charge is 2.27. The number of carbonyl (C=O) groups is 1. The number of nitrogens with one attached hydrogen (secondary N) is 2. The second-order valence-electron chi connectivity index (χ2n) is 6.18. The summed E-state index contributed by atoms with van der Waals surface area (Å²) in [4.78, 5) is 16.1. The van der Waals surface area contributed by atoms with Gasteiger partial charge >= 0.3 is 5.97 Å². The van der Waals surface area contributed by atoms with Crippen LogP contribution in [0.4, 0.5) is 0 Å². The molecule has 142 valence electrons. The van der Waals surface area contributed by atoms with E-state index < -0.39 is 0 Å². The summed E-state index contributed by atoms with van der Waals surface area (Å²) in [6.45, 7) is 2.93. The lowest BCUT2D eigenvalue weighted by Gasteiger charge is -2.29. The second-order valence-corrected chi connectivity index (χ2v) is 6.18. The molecule has 0 aromatic heterocycles. The number of carbonyl (C=O) groups excluding carboxylic acids is 1. The van der Waals surface area contributed by atoms with E-state index in [2.05, 4.69) is 21.7 Å². The van der Waals surface area contributed by atoms with Gasteiger partial charge in [0, 0.05) is 19.6 Å². The molecule has 1 aromatic carbocycles. The summed E-state index contributed by atoms with van der Waals surface area (Å²) in [5.74, 6) is 0.722. The van der Waals surface area contributed by atoms with Crippen molar-refractivity contribution in [1.29, 1.82) is 5.26 Å². The van der Waals surface area contributed by atoms with Crippen LogP contribution in [0.15, 0.2) is 29.3 Å². The molecule has 26 heavy (non-hydrogen) atoms. The molecule has 1 aromatic rings. The lowest BCUT2D eigenvalue weighted by molar-refractivity contribution is -0.149. The summed E-state index contributed by atoms with van der Waals surface area (Å²) in [6.07, 6.45) is 3.56. The van der Waals surface area contributed by atoms with E-state index in [1.165, 1.54) is 0 Å². The van der Waals surface area contributed by atoms with E-state index in [0.717, 1.165) is 37.2 Å². The van der Waals surface area contributed by atoms with Crippen molar-refractivity contribution in [3.63, 3.8) is 0 Å². The molecular weight excluding hydrogens is 443 g/mol. The fourth-order valence-corrected chi connectivity index (χ4v) is 3.00. The number of aliphatic imine (C=N–C) groups is 1. The van der Waals surface area contributed by atoms with Crippen molar-refractivity contribution in [1.82, 2.24) is 10.6 Å². The monoisotopic (exact) mass is 470 g/mol. The van der Waals surface area contributed by atoms with Crippen LogP contribution in [0.5, 0.6) is 0 Å². The van der Waals surface area contributed by atoms with Crippen LogP contribution in [0, 0.1) is 17.2 Å². The van der Waals surface area contributed by atoms with E-state index in [-0.39, 0.29) is 35.9 Å². The fraction of sp³-hybridized carbons (Fsp3) is 0.526. The summed E-state index contributed by atoms with van der Waals surface area (Å²) < 4.78 is 5.11. The van der Waals surface area contributed by atoms with Crippen molar-refractivity contribution in [3.05, 3.63) is 35.4 Å². The molecule has 1 aliphatic carbocycles. The highest BCUT2D eigenvalue weighted by atomic mass is 127. The molecule has 2 N–H and O–H groups in total. The molecule has 0 unspecified atom stereocenters. The first-order valence-corrected chi connectivity index (χ1v) is 8.79. The van der Waals surface area contributed by atoms with Gasteiger partial charge in [0.05, 0.1) is 24.2 Å². The zero-order chi connectivity index (χ0) is 18.1. The summed E-state index contributed by atoms with van der Waals surface area (Å²) in [6, 6.07) is 9.92. The van der Waals surface area contributed by atoms with Crippen molar-refractivity contribution in [2.24, 2.45) is 10.9 Å². The number of ether oxygens (including phenoxy) is 1. The zero-order valence-electron chi connectivity index (χ0n) is 15.3. The van der Waals surface area contributed by atoms with Crippen LogP contribution < -0.4 is 10.6 Å². The van der Waals surface area contributed by atoms with Gasteiger partial charge in [0.1, 0.15) is 0 Å². The van der Waals surface area contributed by atoms with Crippen LogP contribution in [0.3, 0.4) is 0 Å². The first kappa shape index (κ1) is 22.2. The van der Waals surface area contributed by atoms with Gasteiger partial charge in [-0.25, -0.2) is 0 Å². The predicted octanol–water partition coefficient (Wildman–Crippen LogP) is 2.96. The van der Waals surface area contributed by atoms with Crippen molar-refractivity contribution in [3.8, 4) is 6.07 Å². The minimum Gasteiger partial charge on any atom is -0.466 e. The predicted molar refractivity (Wildman–Crippen MR) is 112 cm³/mol. The highest BCUT2D eigenvalue weighted by Crippen LogP contribution is 2.25. The third-order valence-corrected chi connectivity index (χ3v) is 4.45. The number of benzene rings is 1. The number of nitriles is 1. The number of halogens is 1. The van der Waals surface area contributed by atoms with E-state index >= 15 is 0 Å². The number of nitrogens with zero attached hydrogens (tertiary/aromatic N) is 2. The van der Waals surface area contributed by atoms with Crippen molar-refractivity contribution >= 4 is 35.9 Å². The molecule has 6 nitrogen and oxygen atoms in total. The molecule has 0 radical (unpaired) electrons. The molecule has 1 fully saturated rings. The van der Waals surface area contributed by atoms with Gasteiger partial charge in [0.15, 0.2) is 5.96 Å². The molecule has 7 heteroatoms. The summed E-state index contributed by atoms with van der Waals surface area (Å²) in [7, 11) is 1.75. The van der Waals surface area contributed by atoms with Gasteiger partial charge in [-0.15, -0.1) is 24.0 Å². The van der Waals surface area contributed by atoms with Crippen LogP contribution in [-0.2, 0) is 16.1 Å². The Morgan fingerprint density at radius 2 is 1.92 bits per heavy atom. The molecule has 0 atom stereocenters. The maximum absolute atomic E-state index is 11.8. The van der Waals surface area contributed by atoms with Gasteiger partial charge in [-0.1, -0.05) is 12.1 Å². The van der Waals surface area contributed by atoms with Crippen molar-refractivity contribution in [2.75, 3.05) is 13.7 Å². The van der Waals surface area contributed by atoms with Gasteiger partial charge in [0.2, 0.25) is 0 Å². The average molecular weight is 470 g/mol. The maximum atomic E-state index is 11.8. The molecule has 1 saturated carbocycles. The summed E-state index contributed by atoms with van der Waals surface area (Å²) in [5, 5.41) is 15.5. The van der Waals surface area contributed by atoms with Gasteiger partial charge in [-0.2, -0.15) is 5.26 Å².